The molecular formula is C17H30N4O2S2. The first-order valence-corrected chi connectivity index (χ1v) is 11.8. The van der Waals surface area contributed by atoms with Crippen LogP contribution >= 0.6 is 11.8 Å². The van der Waals surface area contributed by atoms with Crippen molar-refractivity contribution in [3.05, 3.63) is 11.4 Å². The number of thioether (sulfide) groups is 1. The maximum Gasteiger partial charge on any atom is 0.246 e. The van der Waals surface area contributed by atoms with Crippen molar-refractivity contribution in [3.63, 3.8) is 0 Å². The van der Waals surface area contributed by atoms with Gasteiger partial charge in [0.05, 0.1) is 11.4 Å². The Morgan fingerprint density at radius 1 is 1.16 bits per heavy atom. The molecule has 0 aliphatic carbocycles. The number of sulfonamides is 1. The summed E-state index contributed by atoms with van der Waals surface area (Å²) in [6, 6.07) is 0.780. The molecule has 0 amide bonds. The lowest BCUT2D eigenvalue weighted by Crippen LogP contribution is -2.39. The van der Waals surface area contributed by atoms with Gasteiger partial charge in [0.15, 0.2) is 0 Å². The van der Waals surface area contributed by atoms with Crippen molar-refractivity contribution in [2.45, 2.75) is 57.5 Å². The third-order valence-electron chi connectivity index (χ3n) is 5.26. The summed E-state index contributed by atoms with van der Waals surface area (Å²) < 4.78 is 30.1. The van der Waals surface area contributed by atoms with Gasteiger partial charge in [0, 0.05) is 37.5 Å². The summed E-state index contributed by atoms with van der Waals surface area (Å²) in [5.41, 5.74) is 1.36. The predicted molar refractivity (Wildman–Crippen MR) is 103 cm³/mol. The van der Waals surface area contributed by atoms with Crippen molar-refractivity contribution < 1.29 is 8.42 Å². The molecule has 0 aromatic carbocycles. The normalized spacial score (nSPS) is 24.1. The quantitative estimate of drug-likeness (QED) is 0.795. The van der Waals surface area contributed by atoms with E-state index in [0.717, 1.165) is 25.2 Å². The minimum atomic E-state index is -3.49. The van der Waals surface area contributed by atoms with Crippen LogP contribution in [-0.4, -0.2) is 71.1 Å². The lowest BCUT2D eigenvalue weighted by Gasteiger charge is -2.26. The molecule has 3 rings (SSSR count). The molecule has 1 unspecified atom stereocenters. The first-order chi connectivity index (χ1) is 11.8. The Balaban J connectivity index is 1.81. The summed E-state index contributed by atoms with van der Waals surface area (Å²) in [4.78, 5) is 2.90. The number of nitrogens with zero attached hydrogens (tertiary/aromatic N) is 4. The maximum atomic E-state index is 13.3. The molecule has 2 aliphatic rings. The second kappa shape index (κ2) is 7.58. The van der Waals surface area contributed by atoms with Gasteiger partial charge in [-0.05, 0) is 52.8 Å². The number of aryl methyl sites for hydroxylation is 1. The fourth-order valence-electron chi connectivity index (χ4n) is 3.98. The highest BCUT2D eigenvalue weighted by molar-refractivity contribution is 7.99. The van der Waals surface area contributed by atoms with Crippen molar-refractivity contribution in [3.8, 4) is 0 Å². The Morgan fingerprint density at radius 3 is 2.52 bits per heavy atom. The summed E-state index contributed by atoms with van der Waals surface area (Å²) in [5, 5.41) is 4.47. The van der Waals surface area contributed by atoms with Crippen molar-refractivity contribution >= 4 is 21.8 Å². The van der Waals surface area contributed by atoms with Crippen LogP contribution in [0, 0.1) is 13.8 Å². The van der Waals surface area contributed by atoms with E-state index in [2.05, 4.69) is 10.00 Å². The van der Waals surface area contributed by atoms with Crippen LogP contribution < -0.4 is 0 Å². The average molecular weight is 387 g/mol. The summed E-state index contributed by atoms with van der Waals surface area (Å²) in [6.07, 6.45) is 2.13. The molecule has 2 aliphatic heterocycles. The Labute approximate surface area is 156 Å². The first kappa shape index (κ1) is 19.2. The minimum absolute atomic E-state index is 0.155. The van der Waals surface area contributed by atoms with E-state index in [4.69, 9.17) is 0 Å². The van der Waals surface area contributed by atoms with E-state index in [9.17, 15) is 8.42 Å². The van der Waals surface area contributed by atoms with Gasteiger partial charge in [0.2, 0.25) is 10.0 Å². The molecule has 142 valence electrons. The molecule has 8 heteroatoms. The van der Waals surface area contributed by atoms with E-state index in [0.29, 0.717) is 29.7 Å². The Bertz CT molecular complexity index is 708. The second-order valence-electron chi connectivity index (χ2n) is 7.35. The van der Waals surface area contributed by atoms with Crippen LogP contribution in [0.3, 0.4) is 0 Å². The van der Waals surface area contributed by atoms with E-state index in [1.54, 1.807) is 11.2 Å². The Kier molecular flexibility index (Phi) is 5.82. The molecule has 1 aromatic rings. The van der Waals surface area contributed by atoms with Gasteiger partial charge >= 0.3 is 0 Å². The average Bonchev–Trinajstić information content (AvgIpc) is 3.08. The zero-order valence-corrected chi connectivity index (χ0v) is 17.4. The zero-order chi connectivity index (χ0) is 18.2. The summed E-state index contributed by atoms with van der Waals surface area (Å²) in [5.74, 6) is 2.42. The largest absolute Gasteiger partial charge is 0.298 e. The van der Waals surface area contributed by atoms with Gasteiger partial charge in [0.25, 0.3) is 0 Å². The molecule has 2 fully saturated rings. The van der Waals surface area contributed by atoms with E-state index < -0.39 is 10.0 Å². The monoisotopic (exact) mass is 386 g/mol. The van der Waals surface area contributed by atoms with E-state index in [1.807, 2.05) is 37.2 Å². The third kappa shape index (κ3) is 3.77. The van der Waals surface area contributed by atoms with Gasteiger partial charge < -0.3 is 0 Å². The first-order valence-electron chi connectivity index (χ1n) is 9.20. The van der Waals surface area contributed by atoms with Crippen LogP contribution in [0.15, 0.2) is 4.90 Å². The molecule has 0 radical (unpaired) electrons. The van der Waals surface area contributed by atoms with E-state index in [-0.39, 0.29) is 6.04 Å². The summed E-state index contributed by atoms with van der Waals surface area (Å²) >= 11 is 2.01. The Hall–Kier alpha value is -0.570. The van der Waals surface area contributed by atoms with Gasteiger partial charge in [-0.2, -0.15) is 21.2 Å². The van der Waals surface area contributed by atoms with Crippen LogP contribution in [0.4, 0.5) is 0 Å². The lowest BCUT2D eigenvalue weighted by atomic mass is 10.2. The van der Waals surface area contributed by atoms with Crippen LogP contribution in [0.5, 0.6) is 0 Å². The molecular weight excluding hydrogens is 356 g/mol. The minimum Gasteiger partial charge on any atom is -0.298 e. The standard InChI is InChI=1S/C17H30N4O2S2/c1-13(2)21-15(4)17(14(3)18-21)25(22,23)20-8-5-7-19(9-10-20)16-6-11-24-12-16/h13,16H,5-12H2,1-4H3. The number of hydrogen-bond donors (Lipinski definition) is 0. The molecule has 0 bridgehead atoms. The van der Waals surface area contributed by atoms with Gasteiger partial charge in [-0.1, -0.05) is 0 Å². The molecule has 0 saturated carbocycles. The molecule has 3 heterocycles. The highest BCUT2D eigenvalue weighted by Crippen LogP contribution is 2.28. The second-order valence-corrected chi connectivity index (χ2v) is 10.4. The number of hydrogen-bond acceptors (Lipinski definition) is 5. The fourth-order valence-corrected chi connectivity index (χ4v) is 7.07. The third-order valence-corrected chi connectivity index (χ3v) is 8.55. The van der Waals surface area contributed by atoms with Gasteiger partial charge in [0.1, 0.15) is 4.90 Å². The molecule has 0 N–H and O–H groups in total. The lowest BCUT2D eigenvalue weighted by molar-refractivity contribution is 0.223. The van der Waals surface area contributed by atoms with Crippen LogP contribution in [-0.2, 0) is 10.0 Å². The predicted octanol–water partition coefficient (Wildman–Crippen LogP) is 2.28. The summed E-state index contributed by atoms with van der Waals surface area (Å²) in [6.45, 7) is 10.7. The van der Waals surface area contributed by atoms with Crippen molar-refractivity contribution in [2.75, 3.05) is 37.7 Å². The fraction of sp³-hybridized carbons (Fsp3) is 0.824. The van der Waals surface area contributed by atoms with Crippen molar-refractivity contribution in [2.24, 2.45) is 0 Å². The molecule has 2 saturated heterocycles. The zero-order valence-electron chi connectivity index (χ0n) is 15.7. The highest BCUT2D eigenvalue weighted by atomic mass is 32.2. The van der Waals surface area contributed by atoms with Gasteiger partial charge in [-0.15, -0.1) is 0 Å². The summed E-state index contributed by atoms with van der Waals surface area (Å²) in [7, 11) is -3.49. The molecule has 6 nitrogen and oxygen atoms in total. The van der Waals surface area contributed by atoms with Gasteiger partial charge in [-0.25, -0.2) is 8.42 Å². The smallest absolute Gasteiger partial charge is 0.246 e. The van der Waals surface area contributed by atoms with Crippen molar-refractivity contribution in [1.29, 1.82) is 0 Å². The SMILES string of the molecule is Cc1nn(C(C)C)c(C)c1S(=O)(=O)N1CCCN(C2CCSC2)CC1. The maximum absolute atomic E-state index is 13.3. The van der Waals surface area contributed by atoms with Crippen LogP contribution in [0.25, 0.3) is 0 Å². The molecule has 0 spiro atoms. The molecule has 1 atom stereocenters. The molecule has 1 aromatic heterocycles. The Morgan fingerprint density at radius 2 is 1.92 bits per heavy atom. The number of rotatable bonds is 4. The number of aromatic nitrogens is 2. The highest BCUT2D eigenvalue weighted by Gasteiger charge is 2.34. The van der Waals surface area contributed by atoms with Gasteiger partial charge in [-0.3, -0.25) is 9.58 Å². The van der Waals surface area contributed by atoms with E-state index in [1.165, 1.54) is 17.9 Å². The van der Waals surface area contributed by atoms with Crippen LogP contribution in [0.1, 0.15) is 44.1 Å². The van der Waals surface area contributed by atoms with Crippen LogP contribution in [0.2, 0.25) is 0 Å². The topological polar surface area (TPSA) is 58.4 Å². The van der Waals surface area contributed by atoms with E-state index >= 15 is 0 Å². The molecule has 25 heavy (non-hydrogen) atoms. The van der Waals surface area contributed by atoms with Crippen molar-refractivity contribution in [1.82, 2.24) is 19.0 Å².